The summed E-state index contributed by atoms with van der Waals surface area (Å²) in [7, 11) is 1.85. The first-order chi connectivity index (χ1) is 10.3. The number of hydrogen-bond donors (Lipinski definition) is 1. The molecule has 4 nitrogen and oxygen atoms in total. The maximum atomic E-state index is 12.6. The number of likely N-dealkylation sites (tertiary alicyclic amines) is 1. The molecule has 1 N–H and O–H groups in total. The van der Waals surface area contributed by atoms with Crippen molar-refractivity contribution in [2.24, 2.45) is 0 Å². The summed E-state index contributed by atoms with van der Waals surface area (Å²) in [5.74, 6) is 0.952. The van der Waals surface area contributed by atoms with Crippen LogP contribution in [-0.2, 0) is 0 Å². The third-order valence-corrected chi connectivity index (χ3v) is 3.96. The maximum absolute atomic E-state index is 12.6. The molecule has 2 aromatic rings. The van der Waals surface area contributed by atoms with E-state index in [1.165, 1.54) is 0 Å². The number of amides is 1. The smallest absolute Gasteiger partial charge is 0.254 e. The number of nitrogens with zero attached hydrogens (tertiary/aromatic N) is 2. The van der Waals surface area contributed by atoms with Crippen molar-refractivity contribution in [3.05, 3.63) is 59.8 Å². The summed E-state index contributed by atoms with van der Waals surface area (Å²) in [6.07, 6.45) is 3.91. The Morgan fingerprint density at radius 3 is 2.71 bits per heavy atom. The lowest BCUT2D eigenvalue weighted by Crippen LogP contribution is -2.30. The number of carbonyl (C=O) groups is 1. The van der Waals surface area contributed by atoms with E-state index >= 15 is 0 Å². The molecule has 1 amide bonds. The second-order valence-corrected chi connectivity index (χ2v) is 5.25. The quantitative estimate of drug-likeness (QED) is 0.940. The summed E-state index contributed by atoms with van der Waals surface area (Å²) in [4.78, 5) is 19.0. The van der Waals surface area contributed by atoms with Gasteiger partial charge in [0.15, 0.2) is 0 Å². The molecule has 0 radical (unpaired) electrons. The molecule has 0 spiro atoms. The number of anilines is 1. The molecule has 2 heterocycles. The first kappa shape index (κ1) is 13.6. The van der Waals surface area contributed by atoms with Gasteiger partial charge in [0, 0.05) is 25.4 Å². The molecule has 1 aromatic heterocycles. The van der Waals surface area contributed by atoms with Crippen LogP contribution in [0.3, 0.4) is 0 Å². The molecule has 1 saturated heterocycles. The fraction of sp³-hybridized carbons (Fsp3) is 0.294. The Morgan fingerprint density at radius 2 is 2.05 bits per heavy atom. The topological polar surface area (TPSA) is 45.2 Å². The lowest BCUT2D eigenvalue weighted by Gasteiger charge is -2.25. The highest BCUT2D eigenvalue weighted by Gasteiger charge is 2.30. The maximum Gasteiger partial charge on any atom is 0.254 e. The molecule has 0 bridgehead atoms. The normalized spacial score (nSPS) is 17.8. The SMILES string of the molecule is CNc1ccc([C@@H]2CCCN2C(=O)c2ccccc2)cn1. The van der Waals surface area contributed by atoms with Crippen molar-refractivity contribution in [2.75, 3.05) is 18.9 Å². The summed E-state index contributed by atoms with van der Waals surface area (Å²) in [6.45, 7) is 0.812. The van der Waals surface area contributed by atoms with Gasteiger partial charge in [0.05, 0.1) is 6.04 Å². The zero-order valence-corrected chi connectivity index (χ0v) is 12.1. The Kier molecular flexibility index (Phi) is 3.86. The summed E-state index contributed by atoms with van der Waals surface area (Å²) in [6, 6.07) is 13.6. The predicted molar refractivity (Wildman–Crippen MR) is 83.2 cm³/mol. The van der Waals surface area contributed by atoms with Crippen molar-refractivity contribution < 1.29 is 4.79 Å². The van der Waals surface area contributed by atoms with Crippen molar-refractivity contribution >= 4 is 11.7 Å². The number of nitrogens with one attached hydrogen (secondary N) is 1. The summed E-state index contributed by atoms with van der Waals surface area (Å²) < 4.78 is 0. The Labute approximate surface area is 124 Å². The van der Waals surface area contributed by atoms with Gasteiger partial charge in [-0.1, -0.05) is 24.3 Å². The molecule has 0 saturated carbocycles. The minimum atomic E-state index is 0.107. The standard InChI is InChI=1S/C17H19N3O/c1-18-16-10-9-14(12-19-16)15-8-5-11-20(15)17(21)13-6-3-2-4-7-13/h2-4,6-7,9-10,12,15H,5,8,11H2,1H3,(H,18,19)/t15-/m0/s1. The largest absolute Gasteiger partial charge is 0.373 e. The fourth-order valence-corrected chi connectivity index (χ4v) is 2.85. The molecule has 4 heteroatoms. The number of aromatic nitrogens is 1. The van der Waals surface area contributed by atoms with Gasteiger partial charge in [-0.15, -0.1) is 0 Å². The predicted octanol–water partition coefficient (Wildman–Crippen LogP) is 3.10. The zero-order valence-electron chi connectivity index (χ0n) is 12.1. The molecule has 1 fully saturated rings. The van der Waals surface area contributed by atoms with E-state index in [-0.39, 0.29) is 11.9 Å². The van der Waals surface area contributed by atoms with Gasteiger partial charge < -0.3 is 10.2 Å². The number of pyridine rings is 1. The number of benzene rings is 1. The van der Waals surface area contributed by atoms with Gasteiger partial charge in [0.25, 0.3) is 5.91 Å². The number of hydrogen-bond acceptors (Lipinski definition) is 3. The summed E-state index contributed by atoms with van der Waals surface area (Å²) in [5, 5.41) is 3.01. The van der Waals surface area contributed by atoms with Crippen LogP contribution in [-0.4, -0.2) is 29.4 Å². The highest BCUT2D eigenvalue weighted by Crippen LogP contribution is 2.33. The van der Waals surface area contributed by atoms with Crippen LogP contribution in [0, 0.1) is 0 Å². The number of rotatable bonds is 3. The van der Waals surface area contributed by atoms with E-state index in [9.17, 15) is 4.79 Å². The molecule has 21 heavy (non-hydrogen) atoms. The van der Waals surface area contributed by atoms with Crippen molar-refractivity contribution in [3.8, 4) is 0 Å². The molecule has 1 aliphatic heterocycles. The van der Waals surface area contributed by atoms with Crippen LogP contribution >= 0.6 is 0 Å². The van der Waals surface area contributed by atoms with Crippen molar-refractivity contribution in [2.45, 2.75) is 18.9 Å². The molecule has 3 rings (SSSR count). The molecule has 1 aliphatic rings. The molecular weight excluding hydrogens is 262 g/mol. The molecule has 1 aromatic carbocycles. The van der Waals surface area contributed by atoms with Crippen LogP contribution < -0.4 is 5.32 Å². The lowest BCUT2D eigenvalue weighted by atomic mass is 10.1. The van der Waals surface area contributed by atoms with E-state index in [4.69, 9.17) is 0 Å². The van der Waals surface area contributed by atoms with Gasteiger partial charge in [0.2, 0.25) is 0 Å². The average Bonchev–Trinajstić information content (AvgIpc) is 3.04. The van der Waals surface area contributed by atoms with E-state index < -0.39 is 0 Å². The fourth-order valence-electron chi connectivity index (χ4n) is 2.85. The van der Waals surface area contributed by atoms with Gasteiger partial charge >= 0.3 is 0 Å². The monoisotopic (exact) mass is 281 g/mol. The Hall–Kier alpha value is -2.36. The van der Waals surface area contributed by atoms with Gasteiger partial charge in [-0.2, -0.15) is 0 Å². The van der Waals surface area contributed by atoms with E-state index in [0.717, 1.165) is 36.3 Å². The summed E-state index contributed by atoms with van der Waals surface area (Å²) >= 11 is 0. The van der Waals surface area contributed by atoms with Crippen LogP contribution in [0.5, 0.6) is 0 Å². The average molecular weight is 281 g/mol. The van der Waals surface area contributed by atoms with Crippen LogP contribution in [0.4, 0.5) is 5.82 Å². The highest BCUT2D eigenvalue weighted by atomic mass is 16.2. The van der Waals surface area contributed by atoms with E-state index in [0.29, 0.717) is 0 Å². The van der Waals surface area contributed by atoms with Crippen LogP contribution in [0.1, 0.15) is 34.8 Å². The van der Waals surface area contributed by atoms with Gasteiger partial charge in [-0.05, 0) is 36.6 Å². The molecule has 108 valence electrons. The van der Waals surface area contributed by atoms with Crippen LogP contribution in [0.25, 0.3) is 0 Å². The molecule has 0 unspecified atom stereocenters. The van der Waals surface area contributed by atoms with Crippen LogP contribution in [0.15, 0.2) is 48.7 Å². The van der Waals surface area contributed by atoms with Gasteiger partial charge in [-0.3, -0.25) is 4.79 Å². The minimum Gasteiger partial charge on any atom is -0.373 e. The van der Waals surface area contributed by atoms with Gasteiger partial charge in [0.1, 0.15) is 5.82 Å². The summed E-state index contributed by atoms with van der Waals surface area (Å²) in [5.41, 5.74) is 1.86. The zero-order chi connectivity index (χ0) is 14.7. The third-order valence-electron chi connectivity index (χ3n) is 3.96. The minimum absolute atomic E-state index is 0.107. The Bertz CT molecular complexity index is 610. The van der Waals surface area contributed by atoms with Crippen LogP contribution in [0.2, 0.25) is 0 Å². The second-order valence-electron chi connectivity index (χ2n) is 5.25. The van der Waals surface area contributed by atoms with E-state index in [2.05, 4.69) is 16.4 Å². The highest BCUT2D eigenvalue weighted by molar-refractivity contribution is 5.94. The molecule has 0 aliphatic carbocycles. The van der Waals surface area contributed by atoms with E-state index in [1.807, 2.05) is 54.5 Å². The molecule has 1 atom stereocenters. The third kappa shape index (κ3) is 2.75. The van der Waals surface area contributed by atoms with Gasteiger partial charge in [-0.25, -0.2) is 4.98 Å². The van der Waals surface area contributed by atoms with Crippen molar-refractivity contribution in [3.63, 3.8) is 0 Å². The second kappa shape index (κ2) is 5.95. The number of carbonyl (C=O) groups excluding carboxylic acids is 1. The first-order valence-corrected chi connectivity index (χ1v) is 7.29. The first-order valence-electron chi connectivity index (χ1n) is 7.29. The Morgan fingerprint density at radius 1 is 1.24 bits per heavy atom. The molecular formula is C17H19N3O. The van der Waals surface area contributed by atoms with Crippen molar-refractivity contribution in [1.82, 2.24) is 9.88 Å². The van der Waals surface area contributed by atoms with E-state index in [1.54, 1.807) is 0 Å². The lowest BCUT2D eigenvalue weighted by molar-refractivity contribution is 0.0735. The van der Waals surface area contributed by atoms with Crippen molar-refractivity contribution in [1.29, 1.82) is 0 Å². The Balaban J connectivity index is 1.83.